The normalized spacial score (nSPS) is 10.1. The summed E-state index contributed by atoms with van der Waals surface area (Å²) in [5, 5.41) is 24.9. The SMILES string of the molecule is COC(=O)c1ccc([N+](=O)[O-])c(-n2cnc([N+](=O)[O-])n2)n1. The topological polar surface area (TPSA) is 156 Å². The molecule has 0 amide bonds. The van der Waals surface area contributed by atoms with Crippen LogP contribution in [0.2, 0.25) is 0 Å². The molecule has 21 heavy (non-hydrogen) atoms. The van der Waals surface area contributed by atoms with Crippen molar-refractivity contribution in [2.45, 2.75) is 0 Å². The molecule has 2 rings (SSSR count). The van der Waals surface area contributed by atoms with Gasteiger partial charge in [-0.3, -0.25) is 10.1 Å². The summed E-state index contributed by atoms with van der Waals surface area (Å²) in [4.78, 5) is 38.3. The van der Waals surface area contributed by atoms with Crippen molar-refractivity contribution in [2.24, 2.45) is 0 Å². The van der Waals surface area contributed by atoms with Gasteiger partial charge in [0.25, 0.3) is 5.82 Å². The van der Waals surface area contributed by atoms with Crippen LogP contribution in [0.5, 0.6) is 0 Å². The van der Waals surface area contributed by atoms with Gasteiger partial charge in [0, 0.05) is 11.2 Å². The van der Waals surface area contributed by atoms with Crippen molar-refractivity contribution in [2.75, 3.05) is 7.11 Å². The quantitative estimate of drug-likeness (QED) is 0.438. The van der Waals surface area contributed by atoms with E-state index in [1.165, 1.54) is 0 Å². The van der Waals surface area contributed by atoms with Crippen LogP contribution in [0.3, 0.4) is 0 Å². The highest BCUT2D eigenvalue weighted by molar-refractivity contribution is 5.87. The monoisotopic (exact) mass is 294 g/mol. The van der Waals surface area contributed by atoms with E-state index < -0.39 is 27.5 Å². The zero-order valence-electron chi connectivity index (χ0n) is 10.4. The van der Waals surface area contributed by atoms with Crippen LogP contribution in [0.15, 0.2) is 18.5 Å². The first-order chi connectivity index (χ1) is 9.93. The number of esters is 1. The minimum Gasteiger partial charge on any atom is -0.464 e. The predicted octanol–water partition coefficient (Wildman–Crippen LogP) is 0.265. The molecular weight excluding hydrogens is 288 g/mol. The van der Waals surface area contributed by atoms with E-state index >= 15 is 0 Å². The van der Waals surface area contributed by atoms with Crippen molar-refractivity contribution in [1.29, 1.82) is 0 Å². The fourth-order valence-electron chi connectivity index (χ4n) is 1.41. The standard InChI is InChI=1S/C9H6N6O6/c1-21-8(16)5-2-3-6(14(17)18)7(11-5)13-4-10-9(12-13)15(19)20/h2-4H,1H3. The lowest BCUT2D eigenvalue weighted by molar-refractivity contribution is -0.394. The van der Waals surface area contributed by atoms with E-state index in [0.717, 1.165) is 30.3 Å². The van der Waals surface area contributed by atoms with Gasteiger partial charge in [0.15, 0.2) is 5.69 Å². The van der Waals surface area contributed by atoms with Crippen molar-refractivity contribution < 1.29 is 19.4 Å². The number of ether oxygens (including phenoxy) is 1. The Balaban J connectivity index is 2.59. The third-order valence-corrected chi connectivity index (χ3v) is 2.31. The highest BCUT2D eigenvalue weighted by Gasteiger charge is 2.25. The van der Waals surface area contributed by atoms with E-state index in [0.29, 0.717) is 0 Å². The van der Waals surface area contributed by atoms with Gasteiger partial charge in [-0.15, -0.1) is 4.68 Å². The summed E-state index contributed by atoms with van der Waals surface area (Å²) in [6.45, 7) is 0. The second kappa shape index (κ2) is 5.28. The fourth-order valence-corrected chi connectivity index (χ4v) is 1.41. The van der Waals surface area contributed by atoms with Crippen LogP contribution in [0.1, 0.15) is 10.5 Å². The minimum atomic E-state index is -0.869. The summed E-state index contributed by atoms with van der Waals surface area (Å²) in [6, 6.07) is 2.11. The Morgan fingerprint density at radius 3 is 2.52 bits per heavy atom. The van der Waals surface area contributed by atoms with Crippen LogP contribution >= 0.6 is 0 Å². The molecular formula is C9H6N6O6. The van der Waals surface area contributed by atoms with E-state index in [1.807, 2.05) is 0 Å². The summed E-state index contributed by atoms with van der Waals surface area (Å²) in [6.07, 6.45) is 0.883. The van der Waals surface area contributed by atoms with Gasteiger partial charge in [-0.05, 0) is 11.0 Å². The molecule has 0 saturated carbocycles. The molecule has 0 aliphatic rings. The summed E-state index contributed by atoms with van der Waals surface area (Å²) < 4.78 is 5.18. The fraction of sp³-hybridized carbons (Fsp3) is 0.111. The molecule has 0 radical (unpaired) electrons. The first kappa shape index (κ1) is 14.0. The molecule has 0 saturated heterocycles. The van der Waals surface area contributed by atoms with Crippen molar-refractivity contribution in [3.05, 3.63) is 44.4 Å². The van der Waals surface area contributed by atoms with Gasteiger partial charge in [-0.1, -0.05) is 4.98 Å². The maximum atomic E-state index is 11.4. The number of aromatic nitrogens is 4. The molecule has 0 aromatic carbocycles. The average Bonchev–Trinajstić information content (AvgIpc) is 2.95. The Bertz CT molecular complexity index is 740. The Kier molecular flexibility index (Phi) is 3.51. The van der Waals surface area contributed by atoms with Crippen molar-refractivity contribution in [3.8, 4) is 5.82 Å². The first-order valence-electron chi connectivity index (χ1n) is 5.24. The molecule has 0 unspecified atom stereocenters. The largest absolute Gasteiger partial charge is 0.491 e. The number of carbonyl (C=O) groups excluding carboxylic acids is 1. The second-order valence-corrected chi connectivity index (χ2v) is 3.53. The summed E-state index contributed by atoms with van der Waals surface area (Å²) in [7, 11) is 1.12. The molecule has 2 heterocycles. The van der Waals surface area contributed by atoms with E-state index in [2.05, 4.69) is 19.8 Å². The summed E-state index contributed by atoms with van der Waals surface area (Å²) >= 11 is 0. The highest BCUT2D eigenvalue weighted by Crippen LogP contribution is 2.21. The minimum absolute atomic E-state index is 0.212. The number of nitrogens with zero attached hydrogens (tertiary/aromatic N) is 6. The molecule has 0 bridgehead atoms. The summed E-state index contributed by atoms with van der Waals surface area (Å²) in [5.74, 6) is -1.96. The molecule has 12 heteroatoms. The molecule has 0 aliphatic carbocycles. The third-order valence-electron chi connectivity index (χ3n) is 2.31. The van der Waals surface area contributed by atoms with Crippen LogP contribution < -0.4 is 0 Å². The van der Waals surface area contributed by atoms with Gasteiger partial charge in [0.2, 0.25) is 6.33 Å². The highest BCUT2D eigenvalue weighted by atomic mass is 16.6. The number of methoxy groups -OCH3 is 1. The van der Waals surface area contributed by atoms with Gasteiger partial charge in [0.1, 0.15) is 0 Å². The number of nitro groups is 2. The Morgan fingerprint density at radius 1 is 1.29 bits per heavy atom. The molecule has 0 atom stereocenters. The van der Waals surface area contributed by atoms with E-state index in [4.69, 9.17) is 0 Å². The number of rotatable bonds is 4. The van der Waals surface area contributed by atoms with Gasteiger partial charge in [0.05, 0.1) is 12.0 Å². The lowest BCUT2D eigenvalue weighted by Crippen LogP contribution is -2.10. The smallest absolute Gasteiger partial charge is 0.464 e. The zero-order chi connectivity index (χ0) is 15.6. The number of carbonyl (C=O) groups is 1. The molecule has 0 spiro atoms. The Labute approximate surface area is 115 Å². The molecule has 2 aromatic heterocycles. The average molecular weight is 294 g/mol. The first-order valence-corrected chi connectivity index (χ1v) is 5.24. The van der Waals surface area contributed by atoms with Crippen LogP contribution in [-0.2, 0) is 4.74 Å². The molecule has 2 aromatic rings. The van der Waals surface area contributed by atoms with Crippen LogP contribution in [-0.4, -0.2) is 42.7 Å². The number of pyridine rings is 1. The van der Waals surface area contributed by atoms with Crippen LogP contribution in [0.25, 0.3) is 5.82 Å². The molecule has 108 valence electrons. The van der Waals surface area contributed by atoms with Crippen molar-refractivity contribution in [3.63, 3.8) is 0 Å². The zero-order valence-corrected chi connectivity index (χ0v) is 10.4. The Morgan fingerprint density at radius 2 is 2.00 bits per heavy atom. The predicted molar refractivity (Wildman–Crippen MR) is 63.8 cm³/mol. The van der Waals surface area contributed by atoms with Crippen molar-refractivity contribution in [1.82, 2.24) is 19.7 Å². The second-order valence-electron chi connectivity index (χ2n) is 3.53. The molecule has 0 N–H and O–H groups in total. The lowest BCUT2D eigenvalue weighted by Gasteiger charge is -2.01. The Hall–Kier alpha value is -3.44. The summed E-state index contributed by atoms with van der Waals surface area (Å²) in [5.41, 5.74) is -0.710. The number of hydrogen-bond donors (Lipinski definition) is 0. The lowest BCUT2D eigenvalue weighted by atomic mass is 10.3. The van der Waals surface area contributed by atoms with Gasteiger partial charge in [-0.25, -0.2) is 9.78 Å². The van der Waals surface area contributed by atoms with Crippen LogP contribution in [0, 0.1) is 20.2 Å². The van der Waals surface area contributed by atoms with E-state index in [1.54, 1.807) is 0 Å². The molecule has 0 fully saturated rings. The molecule has 12 nitrogen and oxygen atoms in total. The number of hydrogen-bond acceptors (Lipinski definition) is 9. The van der Waals surface area contributed by atoms with Gasteiger partial charge in [-0.2, -0.15) is 0 Å². The van der Waals surface area contributed by atoms with Gasteiger partial charge >= 0.3 is 17.6 Å². The van der Waals surface area contributed by atoms with Crippen molar-refractivity contribution >= 4 is 17.6 Å². The third kappa shape index (κ3) is 2.63. The van der Waals surface area contributed by atoms with Crippen LogP contribution in [0.4, 0.5) is 11.6 Å². The maximum Gasteiger partial charge on any atom is 0.491 e. The maximum absolute atomic E-state index is 11.4. The van der Waals surface area contributed by atoms with E-state index in [-0.39, 0.29) is 11.5 Å². The van der Waals surface area contributed by atoms with E-state index in [9.17, 15) is 25.0 Å². The molecule has 0 aliphatic heterocycles. The van der Waals surface area contributed by atoms with Gasteiger partial charge < -0.3 is 14.9 Å².